The summed E-state index contributed by atoms with van der Waals surface area (Å²) in [7, 11) is 0. The first-order chi connectivity index (χ1) is 9.66. The number of hydrogen-bond donors (Lipinski definition) is 0. The van der Waals surface area contributed by atoms with Crippen LogP contribution in [0, 0.1) is 29.7 Å². The van der Waals surface area contributed by atoms with Crippen LogP contribution in [-0.4, -0.2) is 0 Å². The Bertz CT molecular complexity index is 14.2. The monoisotopic (exact) mass is 584 g/mol. The van der Waals surface area contributed by atoms with E-state index in [0.29, 0.717) is 0 Å². The van der Waals surface area contributed by atoms with Gasteiger partial charge in [0.1, 0.15) is 0 Å². The minimum atomic E-state index is 0. The van der Waals surface area contributed by atoms with Gasteiger partial charge in [-0.25, -0.2) is 0 Å². The van der Waals surface area contributed by atoms with Crippen LogP contribution in [0.3, 0.4) is 0 Å². The van der Waals surface area contributed by atoms with Crippen molar-refractivity contribution in [3.63, 3.8) is 0 Å². The molecule has 0 saturated carbocycles. The molecule has 0 radical (unpaired) electrons. The van der Waals surface area contributed by atoms with Gasteiger partial charge in [0.15, 0.2) is 0 Å². The van der Waals surface area contributed by atoms with E-state index in [1.807, 2.05) is 55.4 Å². The molecule has 0 amide bonds. The molecule has 0 aliphatic heterocycles. The standard InChI is InChI=1S/4C3H8.4C2H6.2CH4.4CH3.Pt/c4*1-3-2;4*1-2;;;;;;;/h4*3H2,1-2H3;4*1-2H3;2*1H4;4*1H3;/q;;;;;;;;;;4*-1;+4. The Balaban J connectivity index is -0.00000000455. The molecule has 0 rings (SSSR count). The van der Waals surface area contributed by atoms with Crippen molar-refractivity contribution in [1.82, 2.24) is 0 Å². The van der Waals surface area contributed by atoms with Crippen LogP contribution < -0.4 is 0 Å². The summed E-state index contributed by atoms with van der Waals surface area (Å²) in [5, 5.41) is 0. The summed E-state index contributed by atoms with van der Waals surface area (Å²) >= 11 is 0. The van der Waals surface area contributed by atoms with Gasteiger partial charge < -0.3 is 29.7 Å². The fourth-order valence-corrected chi connectivity index (χ4v) is 0. The van der Waals surface area contributed by atoms with Crippen molar-refractivity contribution < 1.29 is 21.1 Å². The Morgan fingerprint density at radius 2 is 0.296 bits per heavy atom. The SMILES string of the molecule is C.C.CC.CC.CC.CC.CCC.CCC.CCC.CCC.[CH3-].[CH3-].[CH3-].[CH3-].[Pt+4]. The summed E-state index contributed by atoms with van der Waals surface area (Å²) in [4.78, 5) is 0. The summed E-state index contributed by atoms with van der Waals surface area (Å²) in [6, 6.07) is 0. The Morgan fingerprint density at radius 3 is 0.296 bits per heavy atom. The van der Waals surface area contributed by atoms with Gasteiger partial charge in [-0.15, -0.1) is 0 Å². The van der Waals surface area contributed by atoms with Crippen LogP contribution in [0.4, 0.5) is 0 Å². The zero-order chi connectivity index (χ0) is 18.8. The first-order valence-electron chi connectivity index (χ1n) is 9.66. The van der Waals surface area contributed by atoms with Crippen LogP contribution >= 0.6 is 0 Å². The van der Waals surface area contributed by atoms with Gasteiger partial charge >= 0.3 is 21.1 Å². The van der Waals surface area contributed by atoms with E-state index in [9.17, 15) is 0 Å². The molecule has 0 saturated heterocycles. The number of hydrogen-bond acceptors (Lipinski definition) is 0. The van der Waals surface area contributed by atoms with E-state index in [2.05, 4.69) is 55.4 Å². The normalized spacial score (nSPS) is 3.56. The van der Waals surface area contributed by atoms with E-state index in [4.69, 9.17) is 0 Å². The van der Waals surface area contributed by atoms with E-state index in [1.54, 1.807) is 0 Å². The average molecular weight is 584 g/mol. The third kappa shape index (κ3) is 34300. The molecule has 0 nitrogen and oxygen atoms in total. The quantitative estimate of drug-likeness (QED) is 0.249. The van der Waals surface area contributed by atoms with Gasteiger partial charge in [-0.2, -0.15) is 0 Å². The smallest absolute Gasteiger partial charge is 0.358 e. The van der Waals surface area contributed by atoms with Crippen molar-refractivity contribution in [2.24, 2.45) is 0 Å². The Hall–Kier alpha value is 0.688. The van der Waals surface area contributed by atoms with Crippen LogP contribution in [0.2, 0.25) is 0 Å². The largest absolute Gasteiger partial charge is 4.00 e. The van der Waals surface area contributed by atoms with Gasteiger partial charge in [-0.3, -0.25) is 0 Å². The summed E-state index contributed by atoms with van der Waals surface area (Å²) in [5.74, 6) is 0. The molecule has 27 heavy (non-hydrogen) atoms. The Labute approximate surface area is 201 Å². The van der Waals surface area contributed by atoms with Gasteiger partial charge in [-0.1, -0.05) is 151 Å². The predicted octanol–water partition coefficient (Wildman–Crippen LogP) is 12.8. The molecule has 0 bridgehead atoms. The predicted molar refractivity (Wildman–Crippen MR) is 148 cm³/mol. The molecule has 0 aliphatic rings. The molecule has 1 heteroatoms. The van der Waals surface area contributed by atoms with Crippen LogP contribution in [-0.2, 0) is 21.1 Å². The molecule has 190 valence electrons. The molecule has 0 fully saturated rings. The van der Waals surface area contributed by atoms with E-state index in [1.165, 1.54) is 25.7 Å². The van der Waals surface area contributed by atoms with Crippen LogP contribution in [0.15, 0.2) is 0 Å². The van der Waals surface area contributed by atoms with Crippen molar-refractivity contribution in [3.05, 3.63) is 29.7 Å². The van der Waals surface area contributed by atoms with Crippen LogP contribution in [0.5, 0.6) is 0 Å². The van der Waals surface area contributed by atoms with Gasteiger partial charge in [-0.05, 0) is 0 Å². The van der Waals surface area contributed by atoms with E-state index in [0.717, 1.165) is 0 Å². The summed E-state index contributed by atoms with van der Waals surface area (Å²) in [5.41, 5.74) is 0. The second kappa shape index (κ2) is 801. The molecule has 0 heterocycles. The van der Waals surface area contributed by atoms with E-state index >= 15 is 0 Å². The molecular formula is C26H76Pt. The molecule has 0 N–H and O–H groups in total. The Kier molecular flexibility index (Phi) is 3640. The van der Waals surface area contributed by atoms with Crippen molar-refractivity contribution in [2.75, 3.05) is 0 Å². The van der Waals surface area contributed by atoms with Crippen LogP contribution in [0.1, 0.15) is 151 Å². The maximum atomic E-state index is 2.12. The van der Waals surface area contributed by atoms with Gasteiger partial charge in [0, 0.05) is 0 Å². The topological polar surface area (TPSA) is 0 Å². The fraction of sp³-hybridized carbons (Fsp3) is 0.846. The maximum Gasteiger partial charge on any atom is 4.00 e. The van der Waals surface area contributed by atoms with Gasteiger partial charge in [0.25, 0.3) is 0 Å². The fourth-order valence-electron chi connectivity index (χ4n) is 0. The molecule has 0 spiro atoms. The molecule has 0 aromatic rings. The first kappa shape index (κ1) is 122. The molecule has 0 aliphatic carbocycles. The summed E-state index contributed by atoms with van der Waals surface area (Å²) in [6.45, 7) is 33.0. The minimum Gasteiger partial charge on any atom is -0.358 e. The minimum absolute atomic E-state index is 0. The van der Waals surface area contributed by atoms with Gasteiger partial charge in [0.2, 0.25) is 0 Å². The molecule has 0 atom stereocenters. The summed E-state index contributed by atoms with van der Waals surface area (Å²) in [6.07, 6.45) is 5.00. The molecule has 0 unspecified atom stereocenters. The number of rotatable bonds is 0. The van der Waals surface area contributed by atoms with E-state index in [-0.39, 0.29) is 65.6 Å². The summed E-state index contributed by atoms with van der Waals surface area (Å²) < 4.78 is 0. The average Bonchev–Trinajstić information content (AvgIpc) is 2.50. The second-order valence-corrected chi connectivity index (χ2v) is 2.83. The molecular weight excluding hydrogens is 507 g/mol. The van der Waals surface area contributed by atoms with Crippen molar-refractivity contribution >= 4 is 0 Å². The van der Waals surface area contributed by atoms with Crippen molar-refractivity contribution in [3.8, 4) is 0 Å². The van der Waals surface area contributed by atoms with Crippen LogP contribution in [0.25, 0.3) is 0 Å². The second-order valence-electron chi connectivity index (χ2n) is 2.83. The first-order valence-corrected chi connectivity index (χ1v) is 9.66. The third-order valence-corrected chi connectivity index (χ3v) is 0. The molecule has 0 aromatic carbocycles. The third-order valence-electron chi connectivity index (χ3n) is 0. The molecule has 0 aromatic heterocycles. The van der Waals surface area contributed by atoms with Crippen molar-refractivity contribution in [1.29, 1.82) is 0 Å². The Morgan fingerprint density at radius 1 is 0.296 bits per heavy atom. The maximum absolute atomic E-state index is 2.12. The zero-order valence-electron chi connectivity index (χ0n) is 23.1. The zero-order valence-corrected chi connectivity index (χ0v) is 25.4. The van der Waals surface area contributed by atoms with Gasteiger partial charge in [0.05, 0.1) is 0 Å². The van der Waals surface area contributed by atoms with E-state index < -0.39 is 0 Å². The van der Waals surface area contributed by atoms with Crippen molar-refractivity contribution in [2.45, 2.75) is 151 Å².